The minimum Gasteiger partial charge on any atom is -0.493 e. The van der Waals surface area contributed by atoms with Crippen LogP contribution in [-0.2, 0) is 20.7 Å². The Labute approximate surface area is 172 Å². The highest BCUT2D eigenvalue weighted by Crippen LogP contribution is 2.32. The van der Waals surface area contributed by atoms with Crippen molar-refractivity contribution in [3.8, 4) is 11.5 Å². The van der Waals surface area contributed by atoms with Crippen LogP contribution in [0.2, 0.25) is 0 Å². The first-order valence-electron chi connectivity index (χ1n) is 9.26. The number of anilines is 1. The summed E-state index contributed by atoms with van der Waals surface area (Å²) in [6, 6.07) is 11.8. The fourth-order valence-electron chi connectivity index (χ4n) is 3.34. The lowest BCUT2D eigenvalue weighted by Gasteiger charge is -2.22. The van der Waals surface area contributed by atoms with Gasteiger partial charge in [0.2, 0.25) is 0 Å². The summed E-state index contributed by atoms with van der Waals surface area (Å²) < 4.78 is 39.2. The molecule has 8 heteroatoms. The molecule has 2 aromatic carbocycles. The first kappa shape index (κ1) is 21.3. The Hall–Kier alpha value is -3.42. The molecule has 0 bridgehead atoms. The number of carbonyl (C=O) groups excluding carboxylic acids is 2. The number of methoxy groups -OCH3 is 1. The SMILES string of the molecule is COc1cc(/C=C/C(=O)OCC(=O)N2c3ccccc3C[C@@H]2C)ccc1OC(F)F. The van der Waals surface area contributed by atoms with Crippen molar-refractivity contribution in [2.45, 2.75) is 26.0 Å². The van der Waals surface area contributed by atoms with Crippen molar-refractivity contribution >= 4 is 23.6 Å². The molecule has 158 valence electrons. The Bertz CT molecular complexity index is 960. The van der Waals surface area contributed by atoms with Gasteiger partial charge in [0.1, 0.15) is 0 Å². The van der Waals surface area contributed by atoms with Crippen LogP contribution in [0.3, 0.4) is 0 Å². The van der Waals surface area contributed by atoms with E-state index in [0.717, 1.165) is 23.7 Å². The number of hydrogen-bond donors (Lipinski definition) is 0. The highest BCUT2D eigenvalue weighted by Gasteiger charge is 2.30. The van der Waals surface area contributed by atoms with Crippen LogP contribution in [0.1, 0.15) is 18.1 Å². The van der Waals surface area contributed by atoms with E-state index in [9.17, 15) is 18.4 Å². The monoisotopic (exact) mass is 417 g/mol. The Kier molecular flexibility index (Phi) is 6.66. The molecule has 1 atom stereocenters. The van der Waals surface area contributed by atoms with Crippen molar-refractivity contribution in [1.29, 1.82) is 0 Å². The average molecular weight is 417 g/mol. The predicted octanol–water partition coefficient (Wildman–Crippen LogP) is 3.83. The molecule has 30 heavy (non-hydrogen) atoms. The summed E-state index contributed by atoms with van der Waals surface area (Å²) in [6.07, 6.45) is 3.33. The predicted molar refractivity (Wildman–Crippen MR) is 107 cm³/mol. The van der Waals surface area contributed by atoms with E-state index in [4.69, 9.17) is 9.47 Å². The maximum atomic E-state index is 12.5. The van der Waals surface area contributed by atoms with Crippen LogP contribution in [-0.4, -0.2) is 38.2 Å². The number of para-hydroxylation sites is 1. The molecule has 0 N–H and O–H groups in total. The van der Waals surface area contributed by atoms with Gasteiger partial charge in [-0.2, -0.15) is 8.78 Å². The molecular weight excluding hydrogens is 396 g/mol. The number of hydrogen-bond acceptors (Lipinski definition) is 5. The van der Waals surface area contributed by atoms with E-state index in [1.807, 2.05) is 31.2 Å². The van der Waals surface area contributed by atoms with Gasteiger partial charge < -0.3 is 19.1 Å². The third-order valence-corrected chi connectivity index (χ3v) is 4.63. The van der Waals surface area contributed by atoms with E-state index in [2.05, 4.69) is 4.74 Å². The lowest BCUT2D eigenvalue weighted by Crippen LogP contribution is -2.38. The normalized spacial score (nSPS) is 15.4. The van der Waals surface area contributed by atoms with Gasteiger partial charge in [-0.15, -0.1) is 0 Å². The molecule has 0 spiro atoms. The van der Waals surface area contributed by atoms with Crippen LogP contribution in [0.25, 0.3) is 6.08 Å². The molecule has 0 aromatic heterocycles. The summed E-state index contributed by atoms with van der Waals surface area (Å²) in [5.41, 5.74) is 2.43. The third-order valence-electron chi connectivity index (χ3n) is 4.63. The second kappa shape index (κ2) is 9.39. The van der Waals surface area contributed by atoms with Crippen molar-refractivity contribution < 1.29 is 32.6 Å². The molecule has 1 heterocycles. The molecule has 0 aliphatic carbocycles. The second-order valence-electron chi connectivity index (χ2n) is 6.68. The molecule has 0 unspecified atom stereocenters. The number of carbonyl (C=O) groups is 2. The number of halogens is 2. The minimum absolute atomic E-state index is 0.00872. The van der Waals surface area contributed by atoms with Gasteiger partial charge in [-0.05, 0) is 48.7 Å². The van der Waals surface area contributed by atoms with E-state index >= 15 is 0 Å². The standard InChI is InChI=1S/C22H21F2NO5/c1-14-11-16-5-3-4-6-17(16)25(14)20(26)13-29-21(27)10-8-15-7-9-18(30-22(23)24)19(12-15)28-2/h3-10,12,14,22H,11,13H2,1-2H3/b10-8+/t14-/m0/s1. The first-order chi connectivity index (χ1) is 14.4. The summed E-state index contributed by atoms with van der Waals surface area (Å²) in [6.45, 7) is -1.42. The topological polar surface area (TPSA) is 65.1 Å². The summed E-state index contributed by atoms with van der Waals surface area (Å²) in [7, 11) is 1.32. The maximum absolute atomic E-state index is 12.5. The summed E-state index contributed by atoms with van der Waals surface area (Å²) in [5, 5.41) is 0. The number of alkyl halides is 2. The molecule has 6 nitrogen and oxygen atoms in total. The van der Waals surface area contributed by atoms with Gasteiger partial charge in [0, 0.05) is 17.8 Å². The molecule has 0 saturated heterocycles. The average Bonchev–Trinajstić information content (AvgIpc) is 3.06. The number of ether oxygens (including phenoxy) is 3. The molecule has 1 aliphatic rings. The fraction of sp³-hybridized carbons (Fsp3) is 0.273. The van der Waals surface area contributed by atoms with Crippen LogP contribution in [0.4, 0.5) is 14.5 Å². The van der Waals surface area contributed by atoms with Crippen LogP contribution in [0, 0.1) is 0 Å². The highest BCUT2D eigenvalue weighted by molar-refractivity contribution is 5.98. The van der Waals surface area contributed by atoms with E-state index in [1.165, 1.54) is 31.4 Å². The number of benzene rings is 2. The summed E-state index contributed by atoms with van der Waals surface area (Å²) in [4.78, 5) is 26.2. The Morgan fingerprint density at radius 1 is 1.20 bits per heavy atom. The molecule has 2 aromatic rings. The number of fused-ring (bicyclic) bond motifs is 1. The largest absolute Gasteiger partial charge is 0.493 e. The van der Waals surface area contributed by atoms with Crippen molar-refractivity contribution in [3.63, 3.8) is 0 Å². The van der Waals surface area contributed by atoms with Gasteiger partial charge in [0.25, 0.3) is 5.91 Å². The fourth-order valence-corrected chi connectivity index (χ4v) is 3.34. The molecule has 0 saturated carbocycles. The lowest BCUT2D eigenvalue weighted by atomic mass is 10.1. The molecule has 1 amide bonds. The zero-order chi connectivity index (χ0) is 21.7. The smallest absolute Gasteiger partial charge is 0.387 e. The molecule has 1 aliphatic heterocycles. The Balaban J connectivity index is 1.58. The van der Waals surface area contributed by atoms with Crippen molar-refractivity contribution in [2.75, 3.05) is 18.6 Å². The Morgan fingerprint density at radius 3 is 2.70 bits per heavy atom. The molecule has 3 rings (SSSR count). The number of rotatable bonds is 7. The van der Waals surface area contributed by atoms with Crippen LogP contribution >= 0.6 is 0 Å². The van der Waals surface area contributed by atoms with Crippen LogP contribution < -0.4 is 14.4 Å². The molecule has 0 radical (unpaired) electrons. The van der Waals surface area contributed by atoms with Gasteiger partial charge in [-0.25, -0.2) is 4.79 Å². The van der Waals surface area contributed by atoms with Crippen molar-refractivity contribution in [3.05, 3.63) is 59.7 Å². The van der Waals surface area contributed by atoms with Crippen LogP contribution in [0.15, 0.2) is 48.5 Å². The second-order valence-corrected chi connectivity index (χ2v) is 6.68. The van der Waals surface area contributed by atoms with E-state index in [0.29, 0.717) is 5.56 Å². The van der Waals surface area contributed by atoms with E-state index in [-0.39, 0.29) is 30.1 Å². The first-order valence-corrected chi connectivity index (χ1v) is 9.26. The number of esters is 1. The third kappa shape index (κ3) is 4.94. The molecular formula is C22H21F2NO5. The van der Waals surface area contributed by atoms with Gasteiger partial charge >= 0.3 is 12.6 Å². The van der Waals surface area contributed by atoms with Crippen LogP contribution in [0.5, 0.6) is 11.5 Å². The van der Waals surface area contributed by atoms with E-state index < -0.39 is 12.6 Å². The lowest BCUT2D eigenvalue weighted by molar-refractivity contribution is -0.143. The number of nitrogens with zero attached hydrogens (tertiary/aromatic N) is 1. The quantitative estimate of drug-likeness (QED) is 0.506. The number of amides is 1. The summed E-state index contributed by atoms with van der Waals surface area (Å²) in [5.74, 6) is -1.01. The van der Waals surface area contributed by atoms with Crippen molar-refractivity contribution in [2.24, 2.45) is 0 Å². The van der Waals surface area contributed by atoms with Gasteiger partial charge in [-0.1, -0.05) is 24.3 Å². The van der Waals surface area contributed by atoms with Gasteiger partial charge in [0.15, 0.2) is 18.1 Å². The zero-order valence-electron chi connectivity index (χ0n) is 16.5. The zero-order valence-corrected chi connectivity index (χ0v) is 16.5. The van der Waals surface area contributed by atoms with E-state index in [1.54, 1.807) is 4.90 Å². The molecule has 0 fully saturated rings. The maximum Gasteiger partial charge on any atom is 0.387 e. The highest BCUT2D eigenvalue weighted by atomic mass is 19.3. The Morgan fingerprint density at radius 2 is 1.97 bits per heavy atom. The summed E-state index contributed by atoms with van der Waals surface area (Å²) >= 11 is 0. The van der Waals surface area contributed by atoms with Crippen molar-refractivity contribution in [1.82, 2.24) is 0 Å². The van der Waals surface area contributed by atoms with Gasteiger partial charge in [0.05, 0.1) is 7.11 Å². The van der Waals surface area contributed by atoms with Gasteiger partial charge in [-0.3, -0.25) is 4.79 Å². The minimum atomic E-state index is -2.97.